The van der Waals surface area contributed by atoms with Crippen molar-refractivity contribution in [1.82, 2.24) is 5.32 Å². The first-order valence-corrected chi connectivity index (χ1v) is 5.77. The van der Waals surface area contributed by atoms with E-state index >= 15 is 0 Å². The molecule has 3 N–H and O–H groups in total. The molecule has 0 saturated heterocycles. The number of halogens is 1. The quantitative estimate of drug-likeness (QED) is 0.841. The Kier molecular flexibility index (Phi) is 3.17. The second-order valence-corrected chi connectivity index (χ2v) is 4.83. The van der Waals surface area contributed by atoms with Crippen LogP contribution >= 0.6 is 11.6 Å². The van der Waals surface area contributed by atoms with Crippen molar-refractivity contribution >= 4 is 17.5 Å². The third kappa shape index (κ3) is 2.54. The molecule has 1 aromatic rings. The summed E-state index contributed by atoms with van der Waals surface area (Å²) in [7, 11) is 0. The predicted octanol–water partition coefficient (Wildman–Crippen LogP) is 1.81. The lowest BCUT2D eigenvalue weighted by Crippen LogP contribution is -2.33. The molecule has 0 aromatic heterocycles. The third-order valence-electron chi connectivity index (χ3n) is 3.10. The molecule has 0 spiro atoms. The Balaban J connectivity index is 1.93. The van der Waals surface area contributed by atoms with Crippen molar-refractivity contribution in [3.8, 4) is 0 Å². The maximum absolute atomic E-state index is 11.8. The van der Waals surface area contributed by atoms with E-state index in [2.05, 4.69) is 5.32 Å². The molecule has 1 aromatic carbocycles. The van der Waals surface area contributed by atoms with Crippen molar-refractivity contribution < 1.29 is 4.79 Å². The van der Waals surface area contributed by atoms with Gasteiger partial charge in [-0.2, -0.15) is 0 Å². The number of carbonyl (C=O) groups is 1. The molecule has 1 amide bonds. The van der Waals surface area contributed by atoms with Crippen molar-refractivity contribution in [1.29, 1.82) is 0 Å². The lowest BCUT2D eigenvalue weighted by Gasteiger charge is -2.13. The molecule has 3 nitrogen and oxygen atoms in total. The molecule has 0 atom stereocenters. The zero-order valence-electron chi connectivity index (χ0n) is 9.00. The van der Waals surface area contributed by atoms with Gasteiger partial charge in [-0.1, -0.05) is 17.7 Å². The first-order valence-electron chi connectivity index (χ1n) is 5.39. The average Bonchev–Trinajstić information content (AvgIpc) is 3.07. The first-order chi connectivity index (χ1) is 7.65. The summed E-state index contributed by atoms with van der Waals surface area (Å²) >= 11 is 5.82. The minimum atomic E-state index is -0.0813. The van der Waals surface area contributed by atoms with E-state index in [1.54, 1.807) is 24.3 Å². The minimum Gasteiger partial charge on any atom is -0.351 e. The largest absolute Gasteiger partial charge is 0.351 e. The van der Waals surface area contributed by atoms with Crippen molar-refractivity contribution in [2.45, 2.75) is 12.8 Å². The third-order valence-corrected chi connectivity index (χ3v) is 3.34. The summed E-state index contributed by atoms with van der Waals surface area (Å²) in [4.78, 5) is 11.8. The Morgan fingerprint density at radius 1 is 1.50 bits per heavy atom. The van der Waals surface area contributed by atoms with Gasteiger partial charge in [0.2, 0.25) is 0 Å². The maximum atomic E-state index is 11.8. The number of amides is 1. The lowest BCUT2D eigenvalue weighted by molar-refractivity contribution is 0.0945. The van der Waals surface area contributed by atoms with E-state index in [-0.39, 0.29) is 11.3 Å². The van der Waals surface area contributed by atoms with Crippen molar-refractivity contribution in [2.75, 3.05) is 13.1 Å². The highest BCUT2D eigenvalue weighted by Crippen LogP contribution is 2.43. The van der Waals surface area contributed by atoms with E-state index in [0.717, 1.165) is 12.8 Å². The van der Waals surface area contributed by atoms with E-state index in [9.17, 15) is 4.79 Å². The number of nitrogens with one attached hydrogen (secondary N) is 1. The smallest absolute Gasteiger partial charge is 0.251 e. The van der Waals surface area contributed by atoms with Gasteiger partial charge in [-0.25, -0.2) is 0 Å². The highest BCUT2D eigenvalue weighted by Gasteiger charge is 2.41. The molecule has 1 aliphatic rings. The number of carbonyl (C=O) groups excluding carboxylic acids is 1. The summed E-state index contributed by atoms with van der Waals surface area (Å²) in [5.41, 5.74) is 6.40. The van der Waals surface area contributed by atoms with E-state index in [4.69, 9.17) is 17.3 Å². The van der Waals surface area contributed by atoms with E-state index in [1.807, 2.05) is 0 Å². The number of rotatable bonds is 4. The van der Waals surface area contributed by atoms with Gasteiger partial charge in [0.25, 0.3) is 5.91 Å². The molecular formula is C12H15ClN2O. The molecule has 0 bridgehead atoms. The van der Waals surface area contributed by atoms with Crippen LogP contribution in [0.15, 0.2) is 24.3 Å². The number of benzene rings is 1. The number of hydrogen-bond acceptors (Lipinski definition) is 2. The summed E-state index contributed by atoms with van der Waals surface area (Å²) in [6, 6.07) is 6.94. The van der Waals surface area contributed by atoms with Gasteiger partial charge in [0.1, 0.15) is 0 Å². The Hall–Kier alpha value is -1.06. The fourth-order valence-corrected chi connectivity index (χ4v) is 1.82. The van der Waals surface area contributed by atoms with Crippen LogP contribution in [0.25, 0.3) is 0 Å². The highest BCUT2D eigenvalue weighted by molar-refractivity contribution is 6.30. The SMILES string of the molecule is NCC1(CNC(=O)c2cccc(Cl)c2)CC1. The van der Waals surface area contributed by atoms with Crippen molar-refractivity contribution in [3.63, 3.8) is 0 Å². The molecule has 86 valence electrons. The Morgan fingerprint density at radius 2 is 2.25 bits per heavy atom. The average molecular weight is 239 g/mol. The second-order valence-electron chi connectivity index (χ2n) is 4.40. The second kappa shape index (κ2) is 4.44. The fourth-order valence-electron chi connectivity index (χ4n) is 1.63. The van der Waals surface area contributed by atoms with Crippen LogP contribution in [0.2, 0.25) is 5.02 Å². The molecule has 0 aliphatic heterocycles. The van der Waals surface area contributed by atoms with E-state index in [1.165, 1.54) is 0 Å². The van der Waals surface area contributed by atoms with E-state index < -0.39 is 0 Å². The zero-order chi connectivity index (χ0) is 11.6. The lowest BCUT2D eigenvalue weighted by atomic mass is 10.1. The van der Waals surface area contributed by atoms with Gasteiger partial charge in [0.05, 0.1) is 0 Å². The van der Waals surface area contributed by atoms with Crippen LogP contribution in [-0.2, 0) is 0 Å². The summed E-state index contributed by atoms with van der Waals surface area (Å²) in [6.45, 7) is 1.30. The zero-order valence-corrected chi connectivity index (χ0v) is 9.76. The van der Waals surface area contributed by atoms with E-state index in [0.29, 0.717) is 23.7 Å². The molecule has 0 unspecified atom stereocenters. The Bertz CT molecular complexity index is 402. The number of hydrogen-bond donors (Lipinski definition) is 2. The van der Waals surface area contributed by atoms with Gasteiger partial charge in [-0.3, -0.25) is 4.79 Å². The predicted molar refractivity (Wildman–Crippen MR) is 64.5 cm³/mol. The van der Waals surface area contributed by atoms with Crippen LogP contribution < -0.4 is 11.1 Å². The molecule has 4 heteroatoms. The van der Waals surface area contributed by atoms with Gasteiger partial charge in [-0.15, -0.1) is 0 Å². The number of nitrogens with two attached hydrogens (primary N) is 1. The molecular weight excluding hydrogens is 224 g/mol. The highest BCUT2D eigenvalue weighted by atomic mass is 35.5. The van der Waals surface area contributed by atoms with Crippen LogP contribution in [0.3, 0.4) is 0 Å². The molecule has 1 fully saturated rings. The van der Waals surface area contributed by atoms with Gasteiger partial charge < -0.3 is 11.1 Å². The first kappa shape index (κ1) is 11.4. The molecule has 2 rings (SSSR count). The van der Waals surface area contributed by atoms with Crippen molar-refractivity contribution in [2.24, 2.45) is 11.1 Å². The van der Waals surface area contributed by atoms with Crippen molar-refractivity contribution in [3.05, 3.63) is 34.9 Å². The summed E-state index contributed by atoms with van der Waals surface area (Å²) in [6.07, 6.45) is 2.22. The maximum Gasteiger partial charge on any atom is 0.251 e. The van der Waals surface area contributed by atoms with Crippen LogP contribution in [0.1, 0.15) is 23.2 Å². The van der Waals surface area contributed by atoms with Gasteiger partial charge in [-0.05, 0) is 37.6 Å². The molecule has 0 radical (unpaired) electrons. The standard InChI is InChI=1S/C12H15ClN2O/c13-10-3-1-2-9(6-10)11(16)15-8-12(7-14)4-5-12/h1-3,6H,4-5,7-8,14H2,(H,15,16). The van der Waals surface area contributed by atoms with Gasteiger partial charge in [0.15, 0.2) is 0 Å². The molecule has 1 saturated carbocycles. The monoisotopic (exact) mass is 238 g/mol. The summed E-state index contributed by atoms with van der Waals surface area (Å²) in [5.74, 6) is -0.0813. The summed E-state index contributed by atoms with van der Waals surface area (Å²) in [5, 5.41) is 3.48. The van der Waals surface area contributed by atoms with Crippen LogP contribution in [0, 0.1) is 5.41 Å². The molecule has 0 heterocycles. The minimum absolute atomic E-state index is 0.0813. The fraction of sp³-hybridized carbons (Fsp3) is 0.417. The summed E-state index contributed by atoms with van der Waals surface area (Å²) < 4.78 is 0. The molecule has 1 aliphatic carbocycles. The Labute approximate surface area is 100.0 Å². The molecule has 16 heavy (non-hydrogen) atoms. The Morgan fingerprint density at radius 3 is 2.81 bits per heavy atom. The van der Waals surface area contributed by atoms with Crippen LogP contribution in [-0.4, -0.2) is 19.0 Å². The van der Waals surface area contributed by atoms with Crippen LogP contribution in [0.4, 0.5) is 0 Å². The van der Waals surface area contributed by atoms with Gasteiger partial charge in [0, 0.05) is 22.5 Å². The topological polar surface area (TPSA) is 55.1 Å². The normalized spacial score (nSPS) is 16.9. The van der Waals surface area contributed by atoms with Crippen LogP contribution in [0.5, 0.6) is 0 Å². The van der Waals surface area contributed by atoms with Gasteiger partial charge >= 0.3 is 0 Å².